The highest BCUT2D eigenvalue weighted by Gasteiger charge is 2.36. The van der Waals surface area contributed by atoms with Gasteiger partial charge in [0.1, 0.15) is 5.82 Å². The molecule has 7 heteroatoms. The number of piperidine rings is 1. The number of aliphatic imine (C=N–C) groups is 1. The van der Waals surface area contributed by atoms with Crippen molar-refractivity contribution < 1.29 is 14.0 Å². The monoisotopic (exact) mass is 385 g/mol. The number of anilines is 1. The fraction of sp³-hybridized carbons (Fsp3) is 0.250. The Balaban J connectivity index is 1.43. The second-order valence-corrected chi connectivity index (χ2v) is 7.16. The molecule has 2 aromatic rings. The van der Waals surface area contributed by atoms with Gasteiger partial charge < -0.3 is 5.32 Å². The predicted octanol–water partition coefficient (Wildman–Crippen LogP) is 3.71. The minimum atomic E-state index is -0.355. The Morgan fingerprint density at radius 1 is 1.26 bits per heavy atom. The van der Waals surface area contributed by atoms with Crippen molar-refractivity contribution in [1.82, 2.24) is 4.90 Å². The van der Waals surface area contributed by atoms with E-state index in [4.69, 9.17) is 11.6 Å². The first-order valence-electron chi connectivity index (χ1n) is 8.68. The van der Waals surface area contributed by atoms with E-state index < -0.39 is 0 Å². The lowest BCUT2D eigenvalue weighted by Gasteiger charge is -2.34. The van der Waals surface area contributed by atoms with Gasteiger partial charge in [0.05, 0.1) is 18.2 Å². The zero-order chi connectivity index (χ0) is 19.0. The number of hydrogen-bond acceptors (Lipinski definition) is 4. The molecule has 2 aromatic carbocycles. The van der Waals surface area contributed by atoms with E-state index in [0.717, 1.165) is 5.71 Å². The molecule has 2 aliphatic heterocycles. The van der Waals surface area contributed by atoms with Crippen LogP contribution in [0.3, 0.4) is 0 Å². The van der Waals surface area contributed by atoms with Crippen LogP contribution in [0, 0.1) is 11.7 Å². The molecule has 1 N–H and O–H groups in total. The summed E-state index contributed by atoms with van der Waals surface area (Å²) in [6, 6.07) is 10.8. The molecule has 0 spiro atoms. The molecule has 2 heterocycles. The van der Waals surface area contributed by atoms with Gasteiger partial charge in [-0.3, -0.25) is 19.5 Å². The summed E-state index contributed by atoms with van der Waals surface area (Å²) in [5.74, 6) is -0.898. The molecule has 1 saturated heterocycles. The van der Waals surface area contributed by atoms with Crippen molar-refractivity contribution in [3.8, 4) is 0 Å². The Bertz CT molecular complexity index is 943. The third kappa shape index (κ3) is 3.77. The van der Waals surface area contributed by atoms with Gasteiger partial charge in [0.15, 0.2) is 5.78 Å². The molecule has 1 unspecified atom stereocenters. The Labute approximate surface area is 160 Å². The van der Waals surface area contributed by atoms with Crippen LogP contribution in [0.2, 0.25) is 5.02 Å². The number of rotatable bonds is 3. The molecule has 138 valence electrons. The lowest BCUT2D eigenvalue weighted by Crippen LogP contribution is -2.47. The van der Waals surface area contributed by atoms with Gasteiger partial charge in [-0.25, -0.2) is 4.39 Å². The first-order valence-corrected chi connectivity index (χ1v) is 9.06. The fourth-order valence-electron chi connectivity index (χ4n) is 3.50. The number of likely N-dealkylation sites (tertiary alicyclic amines) is 1. The van der Waals surface area contributed by atoms with Crippen LogP contribution in [0.4, 0.5) is 15.8 Å². The number of hydrogen-bond donors (Lipinski definition) is 1. The quantitative estimate of drug-likeness (QED) is 0.876. The molecule has 27 heavy (non-hydrogen) atoms. The largest absolute Gasteiger partial charge is 0.325 e. The first kappa shape index (κ1) is 17.8. The molecule has 0 saturated carbocycles. The summed E-state index contributed by atoms with van der Waals surface area (Å²) < 4.78 is 12.9. The standard InChI is InChI=1S/C20H17ClFN3O2/c21-12-1-6-17-15(9-12)20(27)16-10-25(8-7-18(16)24-17)11-19(26)23-14-4-2-13(22)3-5-14/h1-6,9,16H,7-8,10-11H2,(H,23,26). The molecule has 0 radical (unpaired) electrons. The minimum absolute atomic E-state index is 0.00106. The van der Waals surface area contributed by atoms with E-state index in [2.05, 4.69) is 10.3 Å². The normalized spacial score (nSPS) is 19.1. The van der Waals surface area contributed by atoms with Gasteiger partial charge in [0.2, 0.25) is 5.91 Å². The summed E-state index contributed by atoms with van der Waals surface area (Å²) in [5, 5.41) is 3.25. The van der Waals surface area contributed by atoms with Gasteiger partial charge in [-0.05, 0) is 48.9 Å². The van der Waals surface area contributed by atoms with Crippen molar-refractivity contribution in [3.05, 3.63) is 58.9 Å². The van der Waals surface area contributed by atoms with E-state index in [1.165, 1.54) is 24.3 Å². The maximum atomic E-state index is 12.9. The number of fused-ring (bicyclic) bond motifs is 2. The van der Waals surface area contributed by atoms with Gasteiger partial charge in [-0.15, -0.1) is 0 Å². The molecular formula is C20H17ClFN3O2. The second kappa shape index (κ2) is 7.21. The lowest BCUT2D eigenvalue weighted by molar-refractivity contribution is -0.117. The van der Waals surface area contributed by atoms with Crippen LogP contribution in [0.15, 0.2) is 47.5 Å². The van der Waals surface area contributed by atoms with Crippen LogP contribution in [-0.4, -0.2) is 41.9 Å². The molecule has 4 rings (SSSR count). The van der Waals surface area contributed by atoms with Crippen molar-refractivity contribution in [2.75, 3.05) is 25.0 Å². The zero-order valence-corrected chi connectivity index (χ0v) is 15.2. The number of Topliss-reactive ketones (excluding diaryl/α,β-unsaturated/α-hetero) is 1. The average molecular weight is 386 g/mol. The van der Waals surface area contributed by atoms with Crippen LogP contribution in [0.1, 0.15) is 16.8 Å². The molecule has 2 aliphatic rings. The van der Waals surface area contributed by atoms with Crippen LogP contribution in [-0.2, 0) is 4.79 Å². The second-order valence-electron chi connectivity index (χ2n) is 6.72. The van der Waals surface area contributed by atoms with Crippen molar-refractivity contribution in [2.45, 2.75) is 6.42 Å². The number of benzene rings is 2. The van der Waals surface area contributed by atoms with E-state index in [9.17, 15) is 14.0 Å². The van der Waals surface area contributed by atoms with E-state index >= 15 is 0 Å². The highest BCUT2D eigenvalue weighted by atomic mass is 35.5. The van der Waals surface area contributed by atoms with Crippen LogP contribution in [0.25, 0.3) is 0 Å². The van der Waals surface area contributed by atoms with E-state index in [1.54, 1.807) is 18.2 Å². The molecule has 1 atom stereocenters. The van der Waals surface area contributed by atoms with Gasteiger partial charge >= 0.3 is 0 Å². The predicted molar refractivity (Wildman–Crippen MR) is 102 cm³/mol. The van der Waals surface area contributed by atoms with Crippen molar-refractivity contribution in [1.29, 1.82) is 0 Å². The Hall–Kier alpha value is -2.57. The molecule has 0 aromatic heterocycles. The smallest absolute Gasteiger partial charge is 0.238 e. The van der Waals surface area contributed by atoms with Crippen LogP contribution >= 0.6 is 11.6 Å². The third-order valence-electron chi connectivity index (χ3n) is 4.83. The number of nitrogens with one attached hydrogen (secondary N) is 1. The molecule has 0 bridgehead atoms. The van der Waals surface area contributed by atoms with Gasteiger partial charge in [-0.1, -0.05) is 11.6 Å². The maximum absolute atomic E-state index is 12.9. The number of carbonyl (C=O) groups excluding carboxylic acids is 2. The third-order valence-corrected chi connectivity index (χ3v) is 5.06. The summed E-state index contributed by atoms with van der Waals surface area (Å²) >= 11 is 6.01. The fourth-order valence-corrected chi connectivity index (χ4v) is 3.67. The SMILES string of the molecule is O=C(CN1CCC2=Nc3ccc(Cl)cc3C(=O)C2C1)Nc1ccc(F)cc1. The molecule has 1 amide bonds. The number of nitrogens with zero attached hydrogens (tertiary/aromatic N) is 2. The zero-order valence-electron chi connectivity index (χ0n) is 14.4. The van der Waals surface area contributed by atoms with E-state index in [-0.39, 0.29) is 30.0 Å². The maximum Gasteiger partial charge on any atom is 0.238 e. The number of ketones is 1. The van der Waals surface area contributed by atoms with Crippen molar-refractivity contribution >= 4 is 40.4 Å². The topological polar surface area (TPSA) is 61.8 Å². The highest BCUT2D eigenvalue weighted by molar-refractivity contribution is 6.31. The van der Waals surface area contributed by atoms with Crippen LogP contribution in [0.5, 0.6) is 0 Å². The Kier molecular flexibility index (Phi) is 4.76. The molecule has 1 fully saturated rings. The van der Waals surface area contributed by atoms with E-state index in [0.29, 0.717) is 41.5 Å². The number of amides is 1. The summed E-state index contributed by atoms with van der Waals surface area (Å²) in [5.41, 5.74) is 2.61. The molecule has 5 nitrogen and oxygen atoms in total. The van der Waals surface area contributed by atoms with Crippen LogP contribution < -0.4 is 5.32 Å². The number of carbonyl (C=O) groups is 2. The van der Waals surface area contributed by atoms with Gasteiger partial charge in [0, 0.05) is 35.1 Å². The Morgan fingerprint density at radius 3 is 2.81 bits per heavy atom. The van der Waals surface area contributed by atoms with Gasteiger partial charge in [0.25, 0.3) is 0 Å². The van der Waals surface area contributed by atoms with Crippen molar-refractivity contribution in [2.24, 2.45) is 10.9 Å². The molecule has 0 aliphatic carbocycles. The minimum Gasteiger partial charge on any atom is -0.325 e. The summed E-state index contributed by atoms with van der Waals surface area (Å²) in [6.45, 7) is 1.26. The van der Waals surface area contributed by atoms with Gasteiger partial charge in [-0.2, -0.15) is 0 Å². The highest BCUT2D eigenvalue weighted by Crippen LogP contribution is 2.33. The summed E-state index contributed by atoms with van der Waals surface area (Å²) in [6.07, 6.45) is 0.641. The number of halogens is 2. The van der Waals surface area contributed by atoms with E-state index in [1.807, 2.05) is 4.90 Å². The molecular weight excluding hydrogens is 369 g/mol. The first-order chi connectivity index (χ1) is 13.0. The average Bonchev–Trinajstić information content (AvgIpc) is 2.65. The lowest BCUT2D eigenvalue weighted by atomic mass is 9.85. The van der Waals surface area contributed by atoms with Crippen molar-refractivity contribution in [3.63, 3.8) is 0 Å². The Morgan fingerprint density at radius 2 is 2.04 bits per heavy atom. The summed E-state index contributed by atoms with van der Waals surface area (Å²) in [4.78, 5) is 31.7. The summed E-state index contributed by atoms with van der Waals surface area (Å²) in [7, 11) is 0.